The molecule has 0 spiro atoms. The molecule has 22 heavy (non-hydrogen) atoms. The second-order valence-corrected chi connectivity index (χ2v) is 5.37. The average Bonchev–Trinajstić information content (AvgIpc) is 2.54. The summed E-state index contributed by atoms with van der Waals surface area (Å²) in [6.45, 7) is 2.40. The Morgan fingerprint density at radius 1 is 1.32 bits per heavy atom. The van der Waals surface area contributed by atoms with Gasteiger partial charge in [-0.15, -0.1) is 0 Å². The Labute approximate surface area is 135 Å². The highest BCUT2D eigenvalue weighted by Gasteiger charge is 2.09. The van der Waals surface area contributed by atoms with Crippen molar-refractivity contribution < 1.29 is 9.53 Å². The Hall–Kier alpha value is -2.07. The average molecular weight is 319 g/mol. The minimum absolute atomic E-state index is 0.000823. The summed E-state index contributed by atoms with van der Waals surface area (Å²) in [7, 11) is 0. The number of nitrogens with zero attached hydrogens (tertiary/aromatic N) is 1. The number of para-hydroxylation sites is 1. The Morgan fingerprint density at radius 3 is 2.86 bits per heavy atom. The zero-order valence-electron chi connectivity index (χ0n) is 12.5. The summed E-state index contributed by atoms with van der Waals surface area (Å²) in [6, 6.07) is 11.1. The molecule has 2 rings (SSSR count). The van der Waals surface area contributed by atoms with E-state index in [1.165, 1.54) is 0 Å². The zero-order chi connectivity index (χ0) is 15.8. The molecule has 1 heterocycles. The van der Waals surface area contributed by atoms with Gasteiger partial charge in [-0.05, 0) is 37.1 Å². The lowest BCUT2D eigenvalue weighted by molar-refractivity contribution is -0.121. The molecule has 1 N–H and O–H groups in total. The summed E-state index contributed by atoms with van der Waals surface area (Å²) >= 11 is 5.99. The first-order valence-electron chi connectivity index (χ1n) is 7.23. The van der Waals surface area contributed by atoms with Crippen LogP contribution in [0.4, 0.5) is 0 Å². The Balaban J connectivity index is 1.69. The summed E-state index contributed by atoms with van der Waals surface area (Å²) in [4.78, 5) is 15.9. The van der Waals surface area contributed by atoms with E-state index < -0.39 is 0 Å². The maximum Gasteiger partial charge on any atom is 0.220 e. The molecular formula is C17H19ClN2O2. The predicted molar refractivity (Wildman–Crippen MR) is 87.0 cm³/mol. The largest absolute Gasteiger partial charge is 0.492 e. The highest BCUT2D eigenvalue weighted by atomic mass is 35.5. The zero-order valence-corrected chi connectivity index (χ0v) is 13.2. The molecule has 0 aliphatic heterocycles. The van der Waals surface area contributed by atoms with Crippen molar-refractivity contribution in [2.24, 2.45) is 0 Å². The van der Waals surface area contributed by atoms with Gasteiger partial charge in [-0.25, -0.2) is 0 Å². The lowest BCUT2D eigenvalue weighted by Crippen LogP contribution is -2.26. The van der Waals surface area contributed by atoms with Crippen LogP contribution in [0.25, 0.3) is 0 Å². The fourth-order valence-corrected chi connectivity index (χ4v) is 2.20. The van der Waals surface area contributed by atoms with E-state index in [1.54, 1.807) is 18.5 Å². The summed E-state index contributed by atoms with van der Waals surface area (Å²) in [5, 5.41) is 3.53. The molecule has 4 nitrogen and oxygen atoms in total. The maximum atomic E-state index is 11.9. The van der Waals surface area contributed by atoms with Crippen LogP contribution in [0.3, 0.4) is 0 Å². The molecule has 5 heteroatoms. The van der Waals surface area contributed by atoms with Crippen LogP contribution in [0.15, 0.2) is 48.8 Å². The molecule has 1 unspecified atom stereocenters. The smallest absolute Gasteiger partial charge is 0.220 e. The molecule has 2 aromatic rings. The van der Waals surface area contributed by atoms with Crippen molar-refractivity contribution in [2.75, 3.05) is 6.61 Å². The molecule has 0 saturated heterocycles. The molecule has 1 aromatic heterocycles. The Kier molecular flexibility index (Phi) is 6.22. The van der Waals surface area contributed by atoms with Crippen molar-refractivity contribution >= 4 is 17.5 Å². The van der Waals surface area contributed by atoms with E-state index in [1.807, 2.05) is 37.3 Å². The van der Waals surface area contributed by atoms with E-state index in [-0.39, 0.29) is 11.9 Å². The first kappa shape index (κ1) is 16.3. The van der Waals surface area contributed by atoms with E-state index in [4.69, 9.17) is 16.3 Å². The van der Waals surface area contributed by atoms with Crippen molar-refractivity contribution in [3.8, 4) is 5.75 Å². The number of hydrogen-bond donors (Lipinski definition) is 1. The molecular weight excluding hydrogens is 300 g/mol. The van der Waals surface area contributed by atoms with Gasteiger partial charge in [-0.2, -0.15) is 0 Å². The minimum atomic E-state index is -0.0503. The van der Waals surface area contributed by atoms with E-state index >= 15 is 0 Å². The minimum Gasteiger partial charge on any atom is -0.492 e. The molecule has 116 valence electrons. The first-order chi connectivity index (χ1) is 10.7. The van der Waals surface area contributed by atoms with Gasteiger partial charge in [0.2, 0.25) is 5.91 Å². The summed E-state index contributed by atoms with van der Waals surface area (Å²) < 4.78 is 5.55. The van der Waals surface area contributed by atoms with Gasteiger partial charge in [-0.3, -0.25) is 9.78 Å². The molecule has 0 fully saturated rings. The molecule has 1 amide bonds. The van der Waals surface area contributed by atoms with Gasteiger partial charge in [0.1, 0.15) is 5.75 Å². The van der Waals surface area contributed by atoms with Crippen LogP contribution in [0, 0.1) is 0 Å². The fraction of sp³-hybridized carbons (Fsp3) is 0.294. The number of aromatic nitrogens is 1. The molecule has 0 aliphatic carbocycles. The van der Waals surface area contributed by atoms with E-state index in [0.29, 0.717) is 30.2 Å². The quantitative estimate of drug-likeness (QED) is 0.791. The number of benzene rings is 1. The predicted octanol–water partition coefficient (Wildman–Crippen LogP) is 3.77. The summed E-state index contributed by atoms with van der Waals surface area (Å²) in [5.41, 5.74) is 0.989. The van der Waals surface area contributed by atoms with Crippen LogP contribution in [0.2, 0.25) is 5.02 Å². The number of rotatable bonds is 7. The van der Waals surface area contributed by atoms with Gasteiger partial charge in [0.25, 0.3) is 0 Å². The van der Waals surface area contributed by atoms with Crippen molar-refractivity contribution in [1.82, 2.24) is 10.3 Å². The van der Waals surface area contributed by atoms with E-state index in [9.17, 15) is 4.79 Å². The van der Waals surface area contributed by atoms with Gasteiger partial charge in [0.05, 0.1) is 17.7 Å². The second kappa shape index (κ2) is 8.39. The van der Waals surface area contributed by atoms with Gasteiger partial charge >= 0.3 is 0 Å². The van der Waals surface area contributed by atoms with Crippen molar-refractivity contribution in [2.45, 2.75) is 25.8 Å². The van der Waals surface area contributed by atoms with Gasteiger partial charge in [0.15, 0.2) is 0 Å². The number of nitrogens with one attached hydrogen (secondary N) is 1. The van der Waals surface area contributed by atoms with Gasteiger partial charge in [0, 0.05) is 18.8 Å². The number of amides is 1. The summed E-state index contributed by atoms with van der Waals surface area (Å²) in [5.74, 6) is 0.646. The number of hydrogen-bond acceptors (Lipinski definition) is 3. The highest BCUT2D eigenvalue weighted by molar-refractivity contribution is 6.32. The Morgan fingerprint density at radius 2 is 2.14 bits per heavy atom. The number of carbonyl (C=O) groups excluding carboxylic acids is 1. The maximum absolute atomic E-state index is 11.9. The molecule has 1 atom stereocenters. The van der Waals surface area contributed by atoms with Crippen LogP contribution >= 0.6 is 11.6 Å². The van der Waals surface area contributed by atoms with E-state index in [0.717, 1.165) is 5.56 Å². The van der Waals surface area contributed by atoms with Gasteiger partial charge < -0.3 is 10.1 Å². The van der Waals surface area contributed by atoms with Crippen LogP contribution in [-0.4, -0.2) is 17.5 Å². The third-order valence-electron chi connectivity index (χ3n) is 3.20. The molecule has 0 bridgehead atoms. The second-order valence-electron chi connectivity index (χ2n) is 4.96. The summed E-state index contributed by atoms with van der Waals surface area (Å²) in [6.07, 6.45) is 4.52. The molecule has 1 aromatic carbocycles. The SMILES string of the molecule is CC(NC(=O)CCCOc1ccccc1Cl)c1cccnc1. The van der Waals surface area contributed by atoms with Crippen molar-refractivity contribution in [1.29, 1.82) is 0 Å². The number of ether oxygens (including phenoxy) is 1. The normalized spacial score (nSPS) is 11.7. The van der Waals surface area contributed by atoms with Crippen LogP contribution in [0.1, 0.15) is 31.4 Å². The standard InChI is InChI=1S/C17H19ClN2O2/c1-13(14-6-4-10-19-12-14)20-17(21)9-5-11-22-16-8-3-2-7-15(16)18/h2-4,6-8,10,12-13H,5,9,11H2,1H3,(H,20,21). The highest BCUT2D eigenvalue weighted by Crippen LogP contribution is 2.23. The number of pyridine rings is 1. The fourth-order valence-electron chi connectivity index (χ4n) is 2.01. The molecule has 0 aliphatic rings. The van der Waals surface area contributed by atoms with E-state index in [2.05, 4.69) is 10.3 Å². The lowest BCUT2D eigenvalue weighted by Gasteiger charge is -2.14. The van der Waals surface area contributed by atoms with Gasteiger partial charge in [-0.1, -0.05) is 29.8 Å². The Bertz CT molecular complexity index is 605. The molecule has 0 saturated carbocycles. The van der Waals surface area contributed by atoms with Crippen LogP contribution in [-0.2, 0) is 4.79 Å². The third kappa shape index (κ3) is 5.04. The van der Waals surface area contributed by atoms with Crippen molar-refractivity contribution in [3.63, 3.8) is 0 Å². The topological polar surface area (TPSA) is 51.2 Å². The molecule has 0 radical (unpaired) electrons. The third-order valence-corrected chi connectivity index (χ3v) is 3.52. The first-order valence-corrected chi connectivity index (χ1v) is 7.61. The van der Waals surface area contributed by atoms with Crippen molar-refractivity contribution in [3.05, 3.63) is 59.4 Å². The number of carbonyl (C=O) groups is 1. The van der Waals surface area contributed by atoms with Crippen LogP contribution < -0.4 is 10.1 Å². The number of halogens is 1. The lowest BCUT2D eigenvalue weighted by atomic mass is 10.1. The van der Waals surface area contributed by atoms with Crippen LogP contribution in [0.5, 0.6) is 5.75 Å². The monoisotopic (exact) mass is 318 g/mol.